The van der Waals surface area contributed by atoms with Gasteiger partial charge in [0, 0.05) is 19.2 Å². The van der Waals surface area contributed by atoms with Crippen molar-refractivity contribution in [3.05, 3.63) is 59.7 Å². The van der Waals surface area contributed by atoms with E-state index >= 15 is 0 Å². The molecule has 0 saturated carbocycles. The van der Waals surface area contributed by atoms with Crippen molar-refractivity contribution < 1.29 is 46.0 Å². The molecule has 0 unspecified atom stereocenters. The minimum absolute atomic E-state index is 0.00293. The van der Waals surface area contributed by atoms with Crippen molar-refractivity contribution in [2.75, 3.05) is 33.4 Å². The lowest BCUT2D eigenvalue weighted by Gasteiger charge is -2.31. The van der Waals surface area contributed by atoms with Gasteiger partial charge < -0.3 is 29.4 Å². The summed E-state index contributed by atoms with van der Waals surface area (Å²) in [6.45, 7) is 3.95. The molecule has 0 aliphatic carbocycles. The molecule has 2 aromatic carbocycles. The number of alkyl carbamates (subject to hydrolysis) is 1. The van der Waals surface area contributed by atoms with Gasteiger partial charge in [-0.15, -0.1) is 0 Å². The first-order valence-corrected chi connectivity index (χ1v) is 14.9. The summed E-state index contributed by atoms with van der Waals surface area (Å²) in [5.74, 6) is -1.40. The van der Waals surface area contributed by atoms with E-state index in [-0.39, 0.29) is 41.9 Å². The maximum atomic E-state index is 14.0. The molecule has 2 aromatic rings. The van der Waals surface area contributed by atoms with Crippen LogP contribution >= 0.6 is 0 Å². The molecule has 1 amide bonds. The molecule has 226 valence electrons. The molecule has 2 saturated heterocycles. The average Bonchev–Trinajstić information content (AvgIpc) is 3.52. The quantitative estimate of drug-likeness (QED) is 0.382. The zero-order valence-electron chi connectivity index (χ0n) is 23.2. The van der Waals surface area contributed by atoms with Gasteiger partial charge in [0.05, 0.1) is 43.3 Å². The summed E-state index contributed by atoms with van der Waals surface area (Å²) in [6.07, 6.45) is -2.90. The molecular weight excluding hydrogens is 562 g/mol. The van der Waals surface area contributed by atoms with Crippen LogP contribution in [0.1, 0.15) is 25.8 Å². The summed E-state index contributed by atoms with van der Waals surface area (Å²) in [7, 11) is -2.60. The zero-order valence-corrected chi connectivity index (χ0v) is 24.0. The lowest BCUT2D eigenvalue weighted by Crippen LogP contribution is -2.51. The molecule has 2 heterocycles. The van der Waals surface area contributed by atoms with E-state index in [1.54, 1.807) is 0 Å². The second-order valence-electron chi connectivity index (χ2n) is 10.7. The van der Waals surface area contributed by atoms with E-state index in [1.165, 1.54) is 31.4 Å². The minimum Gasteiger partial charge on any atom is -0.497 e. The van der Waals surface area contributed by atoms with Crippen LogP contribution in [0.4, 0.5) is 13.6 Å². The van der Waals surface area contributed by atoms with Crippen molar-refractivity contribution >= 4 is 16.1 Å². The van der Waals surface area contributed by atoms with Crippen molar-refractivity contribution in [2.45, 2.75) is 56.1 Å². The van der Waals surface area contributed by atoms with Gasteiger partial charge in [0.25, 0.3) is 0 Å². The van der Waals surface area contributed by atoms with Crippen molar-refractivity contribution in [3.63, 3.8) is 0 Å². The molecule has 0 aromatic heterocycles. The number of aliphatic hydroxyl groups is 1. The molecule has 0 spiro atoms. The Morgan fingerprint density at radius 3 is 2.44 bits per heavy atom. The number of benzene rings is 2. The number of nitrogens with zero attached hydrogens (tertiary/aromatic N) is 1. The van der Waals surface area contributed by atoms with E-state index in [0.717, 1.165) is 16.4 Å². The topological polar surface area (TPSA) is 124 Å². The minimum atomic E-state index is -4.07. The third kappa shape index (κ3) is 7.92. The fourth-order valence-electron chi connectivity index (χ4n) is 5.05. The number of halogens is 2. The van der Waals surface area contributed by atoms with Crippen molar-refractivity contribution in [1.82, 2.24) is 9.62 Å². The Kier molecular flexibility index (Phi) is 10.2. The number of carbonyl (C=O) groups is 1. The number of rotatable bonds is 12. The first-order chi connectivity index (χ1) is 19.5. The molecule has 2 N–H and O–H groups in total. The summed E-state index contributed by atoms with van der Waals surface area (Å²) in [5, 5.41) is 13.9. The second kappa shape index (κ2) is 13.4. The van der Waals surface area contributed by atoms with Crippen LogP contribution < -0.4 is 10.1 Å². The maximum Gasteiger partial charge on any atom is 0.407 e. The van der Waals surface area contributed by atoms with E-state index in [9.17, 15) is 27.1 Å². The van der Waals surface area contributed by atoms with Gasteiger partial charge in [-0.2, -0.15) is 4.31 Å². The molecule has 10 nitrogen and oxygen atoms in total. The molecule has 2 aliphatic heterocycles. The van der Waals surface area contributed by atoms with Gasteiger partial charge in [-0.25, -0.2) is 22.0 Å². The van der Waals surface area contributed by atoms with Crippen LogP contribution in [0, 0.1) is 23.5 Å². The monoisotopic (exact) mass is 598 g/mol. The van der Waals surface area contributed by atoms with Gasteiger partial charge in [-0.1, -0.05) is 13.8 Å². The first kappa shape index (κ1) is 31.1. The summed E-state index contributed by atoms with van der Waals surface area (Å²) < 4.78 is 77.8. The number of hydrogen-bond donors (Lipinski definition) is 2. The molecule has 0 radical (unpaired) electrons. The largest absolute Gasteiger partial charge is 0.497 e. The molecule has 13 heteroatoms. The van der Waals surface area contributed by atoms with Gasteiger partial charge in [0.15, 0.2) is 6.29 Å². The van der Waals surface area contributed by atoms with Crippen LogP contribution in [0.5, 0.6) is 5.75 Å². The van der Waals surface area contributed by atoms with Crippen LogP contribution in [0.2, 0.25) is 0 Å². The number of methoxy groups -OCH3 is 1. The van der Waals surface area contributed by atoms with Gasteiger partial charge in [-0.05, 0) is 60.7 Å². The molecular formula is C28H36F2N2O8S. The van der Waals surface area contributed by atoms with Crippen LogP contribution in [-0.2, 0) is 30.7 Å². The van der Waals surface area contributed by atoms with E-state index in [2.05, 4.69) is 5.32 Å². The fourth-order valence-corrected chi connectivity index (χ4v) is 6.67. The Labute approximate surface area is 238 Å². The maximum absolute atomic E-state index is 14.0. The highest BCUT2D eigenvalue weighted by molar-refractivity contribution is 7.89. The Morgan fingerprint density at radius 1 is 1.12 bits per heavy atom. The molecule has 4 rings (SSSR count). The number of amides is 1. The average molecular weight is 599 g/mol. The highest BCUT2D eigenvalue weighted by Crippen LogP contribution is 2.33. The van der Waals surface area contributed by atoms with Crippen LogP contribution in [-0.4, -0.2) is 81.9 Å². The van der Waals surface area contributed by atoms with E-state index in [0.29, 0.717) is 24.8 Å². The lowest BCUT2D eigenvalue weighted by molar-refractivity contribution is -0.0907. The number of hydrogen-bond acceptors (Lipinski definition) is 8. The summed E-state index contributed by atoms with van der Waals surface area (Å²) in [4.78, 5) is 12.9. The molecule has 2 aliphatic rings. The van der Waals surface area contributed by atoms with Gasteiger partial charge in [0.1, 0.15) is 23.5 Å². The molecule has 2 fully saturated rings. The third-order valence-electron chi connectivity index (χ3n) is 7.05. The Balaban J connectivity index is 1.55. The smallest absolute Gasteiger partial charge is 0.407 e. The van der Waals surface area contributed by atoms with Crippen LogP contribution in [0.3, 0.4) is 0 Å². The van der Waals surface area contributed by atoms with E-state index < -0.39 is 58.8 Å². The van der Waals surface area contributed by atoms with Gasteiger partial charge >= 0.3 is 6.09 Å². The molecule has 41 heavy (non-hydrogen) atoms. The highest BCUT2D eigenvalue weighted by atomic mass is 32.2. The third-order valence-corrected chi connectivity index (χ3v) is 8.89. The van der Waals surface area contributed by atoms with E-state index in [1.807, 2.05) is 13.8 Å². The van der Waals surface area contributed by atoms with Crippen molar-refractivity contribution in [3.8, 4) is 5.75 Å². The Hall–Kier alpha value is -2.84. The number of carbonyl (C=O) groups excluding carboxylic acids is 1. The van der Waals surface area contributed by atoms with Crippen molar-refractivity contribution in [2.24, 2.45) is 11.8 Å². The highest BCUT2D eigenvalue weighted by Gasteiger charge is 2.44. The zero-order chi connectivity index (χ0) is 29.7. The fraction of sp³-hybridized carbons (Fsp3) is 0.536. The first-order valence-electron chi connectivity index (χ1n) is 13.4. The molecule has 0 bridgehead atoms. The number of nitrogens with one attached hydrogen (secondary N) is 1. The van der Waals surface area contributed by atoms with E-state index in [4.69, 9.17) is 18.9 Å². The van der Waals surface area contributed by atoms with Crippen molar-refractivity contribution in [1.29, 1.82) is 0 Å². The SMILES string of the molecule is COc1ccc(S(=O)(=O)N(CC(C)C)C[C@@H](O)[C@H](Cc2cc(F)cc(F)c2)NC(=O)O[C@H]2CO[C@H]3OCC[C@H]32)cc1. The van der Waals surface area contributed by atoms with Gasteiger partial charge in [-0.3, -0.25) is 0 Å². The Bertz CT molecular complexity index is 1270. The summed E-state index contributed by atoms with van der Waals surface area (Å²) in [5.41, 5.74) is 0.161. The predicted octanol–water partition coefficient (Wildman–Crippen LogP) is 3.08. The normalized spacial score (nSPS) is 22.0. The molecule has 5 atom stereocenters. The Morgan fingerprint density at radius 2 is 1.80 bits per heavy atom. The van der Waals surface area contributed by atoms with Crippen LogP contribution in [0.15, 0.2) is 47.4 Å². The number of fused-ring (bicyclic) bond motifs is 1. The van der Waals surface area contributed by atoms with Gasteiger partial charge in [0.2, 0.25) is 10.0 Å². The number of aliphatic hydroxyl groups excluding tert-OH is 1. The number of sulfonamides is 1. The summed E-state index contributed by atoms with van der Waals surface area (Å²) in [6, 6.07) is 7.57. The van der Waals surface area contributed by atoms with Crippen LogP contribution in [0.25, 0.3) is 0 Å². The summed E-state index contributed by atoms with van der Waals surface area (Å²) >= 11 is 0. The second-order valence-corrected chi connectivity index (χ2v) is 12.6. The lowest BCUT2D eigenvalue weighted by atomic mass is 10.0. The standard InChI is InChI=1S/C28H36F2N2O8S/c1-17(2)14-32(41(35,36)22-6-4-21(37-3)5-7-22)15-25(33)24(12-18-10-19(29)13-20(30)11-18)31-28(34)40-26-16-39-27-23(26)8-9-38-27/h4-7,10-11,13,17,23-27,33H,8-9,12,14-16H2,1-3H3,(H,31,34)/t23-,24-,25+,26-,27+/m0/s1. The predicted molar refractivity (Wildman–Crippen MR) is 144 cm³/mol. The number of ether oxygens (including phenoxy) is 4.